The average molecular weight is 345 g/mol. The smallest absolute Gasteiger partial charge is 0.259 e. The SMILES string of the molecule is O=C1NCCCC1N1C(=O)c2ccc(Br)c3cccc1c23. The molecule has 2 aliphatic heterocycles. The van der Waals surface area contributed by atoms with Gasteiger partial charge in [0.15, 0.2) is 0 Å². The number of amides is 2. The molecule has 21 heavy (non-hydrogen) atoms. The molecule has 1 atom stereocenters. The zero-order valence-corrected chi connectivity index (χ0v) is 12.8. The van der Waals surface area contributed by atoms with Gasteiger partial charge in [0, 0.05) is 22.0 Å². The highest BCUT2D eigenvalue weighted by atomic mass is 79.9. The summed E-state index contributed by atoms with van der Waals surface area (Å²) in [5.74, 6) is -0.130. The van der Waals surface area contributed by atoms with Crippen LogP contribution in [0, 0.1) is 0 Å². The molecular formula is C16H13BrN2O2. The van der Waals surface area contributed by atoms with E-state index in [1.807, 2.05) is 30.3 Å². The molecule has 0 aromatic heterocycles. The third-order valence-corrected chi connectivity index (χ3v) is 4.93. The number of hydrogen-bond acceptors (Lipinski definition) is 2. The van der Waals surface area contributed by atoms with Gasteiger partial charge in [-0.1, -0.05) is 28.1 Å². The summed E-state index contributed by atoms with van der Waals surface area (Å²) in [6.07, 6.45) is 1.61. The van der Waals surface area contributed by atoms with Gasteiger partial charge in [0.1, 0.15) is 6.04 Å². The van der Waals surface area contributed by atoms with Gasteiger partial charge in [0.25, 0.3) is 5.91 Å². The van der Waals surface area contributed by atoms with Gasteiger partial charge in [-0.05, 0) is 36.4 Å². The quantitative estimate of drug-likeness (QED) is 0.864. The van der Waals surface area contributed by atoms with Gasteiger partial charge in [-0.15, -0.1) is 0 Å². The normalized spacial score (nSPS) is 21.0. The van der Waals surface area contributed by atoms with Gasteiger partial charge in [0.2, 0.25) is 5.91 Å². The van der Waals surface area contributed by atoms with Crippen LogP contribution in [-0.2, 0) is 4.79 Å². The monoisotopic (exact) mass is 344 g/mol. The Balaban J connectivity index is 1.93. The number of nitrogens with one attached hydrogen (secondary N) is 1. The number of nitrogens with zero attached hydrogens (tertiary/aromatic N) is 1. The highest BCUT2D eigenvalue weighted by Gasteiger charge is 2.39. The second kappa shape index (κ2) is 4.56. The maximum atomic E-state index is 12.8. The molecule has 0 aliphatic carbocycles. The third-order valence-electron chi connectivity index (χ3n) is 4.24. The standard InChI is InChI=1S/C16H13BrN2O2/c17-11-7-6-10-14-9(11)3-1-4-12(14)19(16(10)21)13-5-2-8-18-15(13)20/h1,3-4,6-7,13H,2,5,8H2,(H,18,20). The van der Waals surface area contributed by atoms with Crippen LogP contribution in [0.3, 0.4) is 0 Å². The summed E-state index contributed by atoms with van der Waals surface area (Å²) in [5, 5.41) is 4.81. The fourth-order valence-electron chi connectivity index (χ4n) is 3.28. The first-order chi connectivity index (χ1) is 10.2. The fourth-order valence-corrected chi connectivity index (χ4v) is 3.74. The lowest BCUT2D eigenvalue weighted by molar-refractivity contribution is -0.123. The van der Waals surface area contributed by atoms with E-state index in [1.165, 1.54) is 0 Å². The van der Waals surface area contributed by atoms with E-state index in [9.17, 15) is 9.59 Å². The Kier molecular flexibility index (Phi) is 2.79. The summed E-state index contributed by atoms with van der Waals surface area (Å²) in [7, 11) is 0. The predicted octanol–water partition coefficient (Wildman–Crippen LogP) is 2.84. The Bertz CT molecular complexity index is 787. The molecule has 1 fully saturated rings. The number of anilines is 1. The molecule has 2 heterocycles. The van der Waals surface area contributed by atoms with Crippen molar-refractivity contribution in [2.45, 2.75) is 18.9 Å². The van der Waals surface area contributed by atoms with Crippen LogP contribution in [0.25, 0.3) is 10.8 Å². The fraction of sp³-hybridized carbons (Fsp3) is 0.250. The van der Waals surface area contributed by atoms with Gasteiger partial charge in [-0.2, -0.15) is 0 Å². The van der Waals surface area contributed by atoms with Crippen LogP contribution in [0.2, 0.25) is 0 Å². The van der Waals surface area contributed by atoms with Gasteiger partial charge >= 0.3 is 0 Å². The van der Waals surface area contributed by atoms with Crippen LogP contribution in [0.5, 0.6) is 0 Å². The Morgan fingerprint density at radius 3 is 2.86 bits per heavy atom. The van der Waals surface area contributed by atoms with Crippen molar-refractivity contribution in [3.05, 3.63) is 40.4 Å². The molecule has 1 unspecified atom stereocenters. The number of hydrogen-bond donors (Lipinski definition) is 1. The van der Waals surface area contributed by atoms with Gasteiger partial charge in [0.05, 0.1) is 5.69 Å². The topological polar surface area (TPSA) is 49.4 Å². The van der Waals surface area contributed by atoms with Crippen LogP contribution in [0.4, 0.5) is 5.69 Å². The summed E-state index contributed by atoms with van der Waals surface area (Å²) in [4.78, 5) is 26.6. The van der Waals surface area contributed by atoms with Crippen LogP contribution >= 0.6 is 15.9 Å². The minimum atomic E-state index is -0.400. The summed E-state index contributed by atoms with van der Waals surface area (Å²) < 4.78 is 0.964. The van der Waals surface area contributed by atoms with Gasteiger partial charge in [-0.3, -0.25) is 14.5 Å². The zero-order valence-electron chi connectivity index (χ0n) is 11.2. The highest BCUT2D eigenvalue weighted by molar-refractivity contribution is 9.10. The molecule has 5 heteroatoms. The number of carbonyl (C=O) groups excluding carboxylic acids is 2. The summed E-state index contributed by atoms with van der Waals surface area (Å²) in [6, 6.07) is 9.17. The molecule has 0 radical (unpaired) electrons. The molecule has 2 aromatic rings. The lowest BCUT2D eigenvalue weighted by Gasteiger charge is -2.30. The van der Waals surface area contributed by atoms with Crippen molar-refractivity contribution in [2.24, 2.45) is 0 Å². The lowest BCUT2D eigenvalue weighted by Crippen LogP contribution is -2.51. The Morgan fingerprint density at radius 2 is 2.05 bits per heavy atom. The van der Waals surface area contributed by atoms with Crippen molar-refractivity contribution in [3.8, 4) is 0 Å². The second-order valence-electron chi connectivity index (χ2n) is 5.42. The predicted molar refractivity (Wildman–Crippen MR) is 84.5 cm³/mol. The van der Waals surface area contributed by atoms with Crippen molar-refractivity contribution >= 4 is 44.2 Å². The summed E-state index contributed by atoms with van der Waals surface area (Å²) in [5.41, 5.74) is 1.53. The van der Waals surface area contributed by atoms with Crippen molar-refractivity contribution in [1.82, 2.24) is 5.32 Å². The Hall–Kier alpha value is -1.88. The first-order valence-electron chi connectivity index (χ1n) is 7.01. The van der Waals surface area contributed by atoms with Crippen LogP contribution in [0.15, 0.2) is 34.8 Å². The molecular weight excluding hydrogens is 332 g/mol. The van der Waals surface area contributed by atoms with Crippen LogP contribution < -0.4 is 10.2 Å². The molecule has 4 nitrogen and oxygen atoms in total. The van der Waals surface area contributed by atoms with Crippen LogP contribution in [0.1, 0.15) is 23.2 Å². The maximum Gasteiger partial charge on any atom is 0.259 e. The molecule has 0 bridgehead atoms. The van der Waals surface area contributed by atoms with Crippen molar-refractivity contribution < 1.29 is 9.59 Å². The molecule has 2 amide bonds. The van der Waals surface area contributed by atoms with E-state index >= 15 is 0 Å². The zero-order chi connectivity index (χ0) is 14.6. The van der Waals surface area contributed by atoms with E-state index in [1.54, 1.807) is 4.90 Å². The molecule has 4 rings (SSSR count). The Labute approximate surface area is 130 Å². The van der Waals surface area contributed by atoms with Crippen molar-refractivity contribution in [3.63, 3.8) is 0 Å². The first kappa shape index (κ1) is 12.8. The molecule has 0 spiro atoms. The highest BCUT2D eigenvalue weighted by Crippen LogP contribution is 2.41. The molecule has 0 saturated carbocycles. The molecule has 1 saturated heterocycles. The van der Waals surface area contributed by atoms with Crippen LogP contribution in [-0.4, -0.2) is 24.4 Å². The van der Waals surface area contributed by atoms with E-state index < -0.39 is 6.04 Å². The largest absolute Gasteiger partial charge is 0.354 e. The van der Waals surface area contributed by atoms with E-state index in [-0.39, 0.29) is 11.8 Å². The second-order valence-corrected chi connectivity index (χ2v) is 6.27. The van der Waals surface area contributed by atoms with E-state index in [0.29, 0.717) is 18.5 Å². The Morgan fingerprint density at radius 1 is 1.19 bits per heavy atom. The minimum absolute atomic E-state index is 0.0570. The van der Waals surface area contributed by atoms with Crippen molar-refractivity contribution in [2.75, 3.05) is 11.4 Å². The number of halogens is 1. The average Bonchev–Trinajstić information content (AvgIpc) is 2.77. The number of piperidine rings is 1. The minimum Gasteiger partial charge on any atom is -0.354 e. The molecule has 1 N–H and O–H groups in total. The van der Waals surface area contributed by atoms with Crippen molar-refractivity contribution in [1.29, 1.82) is 0 Å². The summed E-state index contributed by atoms with van der Waals surface area (Å²) in [6.45, 7) is 0.695. The summed E-state index contributed by atoms with van der Waals surface area (Å²) >= 11 is 3.53. The number of rotatable bonds is 1. The number of carbonyl (C=O) groups is 2. The van der Waals surface area contributed by atoms with E-state index in [2.05, 4.69) is 21.2 Å². The molecule has 2 aliphatic rings. The maximum absolute atomic E-state index is 12.8. The number of benzene rings is 2. The van der Waals surface area contributed by atoms with E-state index in [4.69, 9.17) is 0 Å². The molecule has 106 valence electrons. The van der Waals surface area contributed by atoms with E-state index in [0.717, 1.165) is 27.4 Å². The first-order valence-corrected chi connectivity index (χ1v) is 7.80. The molecule has 2 aromatic carbocycles. The third kappa shape index (κ3) is 1.73. The van der Waals surface area contributed by atoms with Gasteiger partial charge in [-0.25, -0.2) is 0 Å². The van der Waals surface area contributed by atoms with Gasteiger partial charge < -0.3 is 5.32 Å². The lowest BCUT2D eigenvalue weighted by atomic mass is 10.0.